The van der Waals surface area contributed by atoms with Crippen molar-refractivity contribution in [3.8, 4) is 0 Å². The summed E-state index contributed by atoms with van der Waals surface area (Å²) in [6.07, 6.45) is 8.16. The maximum atomic E-state index is 6.34. The molecule has 2 N–H and O–H groups in total. The summed E-state index contributed by atoms with van der Waals surface area (Å²) in [6, 6.07) is 1.31. The van der Waals surface area contributed by atoms with Crippen LogP contribution in [0.1, 0.15) is 45.4 Å². The average molecular weight is 265 g/mol. The molecule has 4 unspecified atom stereocenters. The maximum absolute atomic E-state index is 6.34. The predicted molar refractivity (Wildman–Crippen MR) is 80.1 cm³/mol. The molecule has 3 fully saturated rings. The number of nitrogens with zero attached hydrogens (tertiary/aromatic N) is 2. The molecule has 2 aliphatic heterocycles. The van der Waals surface area contributed by atoms with Crippen LogP contribution in [-0.2, 0) is 0 Å². The smallest absolute Gasteiger partial charge is 0.0235 e. The van der Waals surface area contributed by atoms with E-state index in [-0.39, 0.29) is 0 Å². The summed E-state index contributed by atoms with van der Waals surface area (Å²) in [5, 5.41) is 0. The monoisotopic (exact) mass is 265 g/mol. The maximum Gasteiger partial charge on any atom is 0.0235 e. The zero-order valence-electron chi connectivity index (χ0n) is 12.6. The van der Waals surface area contributed by atoms with E-state index in [0.29, 0.717) is 6.04 Å². The molecule has 3 heteroatoms. The first-order valence-electron chi connectivity index (χ1n) is 8.44. The third kappa shape index (κ3) is 3.32. The fourth-order valence-electron chi connectivity index (χ4n) is 4.45. The van der Waals surface area contributed by atoms with Gasteiger partial charge in [-0.25, -0.2) is 0 Å². The Morgan fingerprint density at radius 3 is 2.63 bits per heavy atom. The van der Waals surface area contributed by atoms with Crippen LogP contribution in [0.15, 0.2) is 0 Å². The Labute approximate surface area is 118 Å². The second kappa shape index (κ2) is 6.11. The van der Waals surface area contributed by atoms with E-state index in [1.54, 1.807) is 0 Å². The van der Waals surface area contributed by atoms with E-state index in [1.807, 2.05) is 0 Å². The second-order valence-corrected chi connectivity index (χ2v) is 7.29. The van der Waals surface area contributed by atoms with Crippen molar-refractivity contribution >= 4 is 0 Å². The second-order valence-electron chi connectivity index (χ2n) is 7.29. The first-order chi connectivity index (χ1) is 9.22. The molecule has 3 nitrogen and oxygen atoms in total. The van der Waals surface area contributed by atoms with Crippen LogP contribution in [0, 0.1) is 11.8 Å². The fourth-order valence-corrected chi connectivity index (χ4v) is 4.45. The van der Waals surface area contributed by atoms with Gasteiger partial charge in [-0.15, -0.1) is 0 Å². The number of hydrogen-bond acceptors (Lipinski definition) is 3. The molecular formula is C16H31N3. The van der Waals surface area contributed by atoms with Gasteiger partial charge in [-0.05, 0) is 70.0 Å². The quantitative estimate of drug-likeness (QED) is 0.846. The van der Waals surface area contributed by atoms with Crippen LogP contribution in [0.5, 0.6) is 0 Å². The van der Waals surface area contributed by atoms with Gasteiger partial charge in [0.2, 0.25) is 0 Å². The van der Waals surface area contributed by atoms with Crippen LogP contribution >= 0.6 is 0 Å². The molecule has 1 aliphatic carbocycles. The van der Waals surface area contributed by atoms with Gasteiger partial charge in [-0.3, -0.25) is 4.90 Å². The van der Waals surface area contributed by atoms with Gasteiger partial charge in [0.1, 0.15) is 0 Å². The Morgan fingerprint density at radius 2 is 1.84 bits per heavy atom. The number of nitrogens with two attached hydrogens (primary N) is 1. The standard InChI is InChI=1S/C16H31N3/c1-13-4-5-16(17)14(10-13)11-18-9-6-15(12-18)19-7-2-3-8-19/h13-16H,2-12,17H2,1H3. The molecule has 3 aliphatic rings. The molecule has 2 heterocycles. The molecule has 0 radical (unpaired) electrons. The largest absolute Gasteiger partial charge is 0.327 e. The SMILES string of the molecule is CC1CCC(N)C(CN2CCC(N3CCCC3)C2)C1. The van der Waals surface area contributed by atoms with E-state index in [9.17, 15) is 0 Å². The minimum absolute atomic E-state index is 0.460. The molecule has 4 atom stereocenters. The third-order valence-corrected chi connectivity index (χ3v) is 5.70. The van der Waals surface area contributed by atoms with E-state index in [2.05, 4.69) is 16.7 Å². The lowest BCUT2D eigenvalue weighted by Gasteiger charge is -2.35. The topological polar surface area (TPSA) is 32.5 Å². The lowest BCUT2D eigenvalue weighted by Crippen LogP contribution is -2.43. The average Bonchev–Trinajstić information content (AvgIpc) is 3.04. The molecule has 19 heavy (non-hydrogen) atoms. The van der Waals surface area contributed by atoms with Gasteiger partial charge in [0.05, 0.1) is 0 Å². The number of rotatable bonds is 3. The van der Waals surface area contributed by atoms with Gasteiger partial charge >= 0.3 is 0 Å². The van der Waals surface area contributed by atoms with E-state index in [1.165, 1.54) is 71.2 Å². The van der Waals surface area contributed by atoms with Gasteiger partial charge < -0.3 is 10.6 Å². The summed E-state index contributed by atoms with van der Waals surface area (Å²) in [7, 11) is 0. The Kier molecular flexibility index (Phi) is 4.45. The van der Waals surface area contributed by atoms with Crippen molar-refractivity contribution in [2.45, 2.75) is 57.5 Å². The first-order valence-corrected chi connectivity index (χ1v) is 8.44. The molecule has 0 aromatic rings. The summed E-state index contributed by atoms with van der Waals surface area (Å²) in [5.74, 6) is 1.64. The van der Waals surface area contributed by atoms with Gasteiger partial charge in [0.15, 0.2) is 0 Å². The summed E-state index contributed by atoms with van der Waals surface area (Å²) < 4.78 is 0. The zero-order chi connectivity index (χ0) is 13.2. The molecule has 0 aromatic carbocycles. The highest BCUT2D eigenvalue weighted by Gasteiger charge is 2.33. The Balaban J connectivity index is 1.48. The minimum Gasteiger partial charge on any atom is -0.327 e. The molecule has 0 aromatic heterocycles. The van der Waals surface area contributed by atoms with E-state index >= 15 is 0 Å². The van der Waals surface area contributed by atoms with Gasteiger partial charge in [-0.1, -0.05) is 6.92 Å². The summed E-state index contributed by atoms with van der Waals surface area (Å²) >= 11 is 0. The summed E-state index contributed by atoms with van der Waals surface area (Å²) in [4.78, 5) is 5.43. The van der Waals surface area contributed by atoms with E-state index < -0.39 is 0 Å². The Hall–Kier alpha value is -0.120. The van der Waals surface area contributed by atoms with Crippen molar-refractivity contribution in [1.29, 1.82) is 0 Å². The minimum atomic E-state index is 0.460. The number of likely N-dealkylation sites (tertiary alicyclic amines) is 2. The molecule has 0 spiro atoms. The molecular weight excluding hydrogens is 234 g/mol. The summed E-state index contributed by atoms with van der Waals surface area (Å²) in [6.45, 7) is 8.96. The van der Waals surface area contributed by atoms with Gasteiger partial charge in [0, 0.05) is 25.2 Å². The highest BCUT2D eigenvalue weighted by atomic mass is 15.3. The Morgan fingerprint density at radius 1 is 1.05 bits per heavy atom. The number of hydrogen-bond donors (Lipinski definition) is 1. The van der Waals surface area contributed by atoms with Gasteiger partial charge in [-0.2, -0.15) is 0 Å². The molecule has 0 amide bonds. The molecule has 0 bridgehead atoms. The van der Waals surface area contributed by atoms with Crippen molar-refractivity contribution < 1.29 is 0 Å². The lowest BCUT2D eigenvalue weighted by molar-refractivity contribution is 0.168. The molecule has 110 valence electrons. The highest BCUT2D eigenvalue weighted by Crippen LogP contribution is 2.30. The van der Waals surface area contributed by atoms with Crippen molar-refractivity contribution in [3.05, 3.63) is 0 Å². The molecule has 2 saturated heterocycles. The lowest BCUT2D eigenvalue weighted by atomic mass is 9.79. The summed E-state index contributed by atoms with van der Waals surface area (Å²) in [5.41, 5.74) is 6.34. The van der Waals surface area contributed by atoms with Crippen molar-refractivity contribution in [2.75, 3.05) is 32.7 Å². The highest BCUT2D eigenvalue weighted by molar-refractivity contribution is 4.89. The van der Waals surface area contributed by atoms with Crippen molar-refractivity contribution in [3.63, 3.8) is 0 Å². The van der Waals surface area contributed by atoms with Crippen LogP contribution in [0.25, 0.3) is 0 Å². The normalized spacial score (nSPS) is 42.0. The Bertz CT molecular complexity index is 288. The van der Waals surface area contributed by atoms with Crippen LogP contribution in [0.3, 0.4) is 0 Å². The predicted octanol–water partition coefficient (Wildman–Crippen LogP) is 1.92. The first kappa shape index (κ1) is 13.8. The van der Waals surface area contributed by atoms with Crippen molar-refractivity contribution in [2.24, 2.45) is 17.6 Å². The molecule has 1 saturated carbocycles. The fraction of sp³-hybridized carbons (Fsp3) is 1.00. The van der Waals surface area contributed by atoms with Crippen LogP contribution < -0.4 is 5.73 Å². The van der Waals surface area contributed by atoms with Gasteiger partial charge in [0.25, 0.3) is 0 Å². The molecule has 3 rings (SSSR count). The zero-order valence-corrected chi connectivity index (χ0v) is 12.6. The van der Waals surface area contributed by atoms with E-state index in [0.717, 1.165) is 17.9 Å². The van der Waals surface area contributed by atoms with Crippen molar-refractivity contribution in [1.82, 2.24) is 9.80 Å². The third-order valence-electron chi connectivity index (χ3n) is 5.70. The van der Waals surface area contributed by atoms with Crippen LogP contribution in [-0.4, -0.2) is 54.6 Å². The van der Waals surface area contributed by atoms with E-state index in [4.69, 9.17) is 5.73 Å². The van der Waals surface area contributed by atoms with Crippen LogP contribution in [0.2, 0.25) is 0 Å². The van der Waals surface area contributed by atoms with Crippen LogP contribution in [0.4, 0.5) is 0 Å².